The van der Waals surface area contributed by atoms with E-state index in [0.717, 1.165) is 38.2 Å². The maximum absolute atomic E-state index is 14.4. The number of anilines is 1. The molecular weight excluding hydrogens is 498 g/mol. The van der Waals surface area contributed by atoms with Gasteiger partial charge in [-0.1, -0.05) is 103 Å². The third-order valence-corrected chi connectivity index (χ3v) is 8.67. The second-order valence-electron chi connectivity index (χ2n) is 10.7. The van der Waals surface area contributed by atoms with Crippen LogP contribution in [-0.4, -0.2) is 17.8 Å². The van der Waals surface area contributed by atoms with Crippen LogP contribution in [0.5, 0.6) is 5.75 Å². The molecule has 3 aliphatic rings. The summed E-state index contributed by atoms with van der Waals surface area (Å²) in [6.07, 6.45) is 2.05. The maximum atomic E-state index is 14.4. The van der Waals surface area contributed by atoms with Crippen LogP contribution in [-0.2, 0) is 14.4 Å². The van der Waals surface area contributed by atoms with E-state index >= 15 is 0 Å². The Bertz CT molecular complexity index is 1920. The highest BCUT2D eigenvalue weighted by Gasteiger charge is 2.60. The molecular formula is C35H23NO4. The molecule has 192 valence electrons. The van der Waals surface area contributed by atoms with Crippen LogP contribution in [0.1, 0.15) is 17.0 Å². The third kappa shape index (κ3) is 3.12. The minimum absolute atomic E-state index is 0.285. The summed E-state index contributed by atoms with van der Waals surface area (Å²) in [6.45, 7) is 0. The van der Waals surface area contributed by atoms with Gasteiger partial charge in [0.15, 0.2) is 0 Å². The van der Waals surface area contributed by atoms with Gasteiger partial charge < -0.3 is 4.74 Å². The minimum atomic E-state index is -0.878. The topological polar surface area (TPSA) is 63.7 Å². The van der Waals surface area contributed by atoms with E-state index in [4.69, 9.17) is 4.74 Å². The second-order valence-corrected chi connectivity index (χ2v) is 10.7. The quantitative estimate of drug-likeness (QED) is 0.151. The zero-order valence-electron chi connectivity index (χ0n) is 21.4. The highest BCUT2D eigenvalue weighted by Crippen LogP contribution is 2.56. The van der Waals surface area contributed by atoms with Gasteiger partial charge in [-0.3, -0.25) is 14.4 Å². The Kier molecular flexibility index (Phi) is 4.86. The van der Waals surface area contributed by atoms with E-state index in [1.807, 2.05) is 115 Å². The maximum Gasteiger partial charge on any atom is 0.319 e. The number of fused-ring (bicyclic) bond motifs is 8. The molecule has 5 aromatic rings. The van der Waals surface area contributed by atoms with Crippen LogP contribution in [0.15, 0.2) is 115 Å². The summed E-state index contributed by atoms with van der Waals surface area (Å²) >= 11 is 0. The van der Waals surface area contributed by atoms with Gasteiger partial charge in [-0.05, 0) is 39.4 Å². The monoisotopic (exact) mass is 521 g/mol. The Morgan fingerprint density at radius 3 is 2.05 bits per heavy atom. The summed E-state index contributed by atoms with van der Waals surface area (Å²) in [5.74, 6) is -3.51. The molecule has 5 nitrogen and oxygen atoms in total. The first kappa shape index (κ1) is 22.9. The summed E-state index contributed by atoms with van der Waals surface area (Å²) in [6, 6.07) is 34.9. The third-order valence-electron chi connectivity index (χ3n) is 8.67. The van der Waals surface area contributed by atoms with Crippen LogP contribution in [0.4, 0.5) is 5.69 Å². The van der Waals surface area contributed by atoms with Crippen LogP contribution in [0, 0.1) is 17.8 Å². The average Bonchev–Trinajstić information content (AvgIpc) is 3.26. The number of hydrogen-bond donors (Lipinski definition) is 0. The smallest absolute Gasteiger partial charge is 0.319 e. The summed E-state index contributed by atoms with van der Waals surface area (Å²) < 4.78 is 5.89. The number of imide groups is 1. The normalized spacial score (nSPS) is 23.4. The number of ether oxygens (including phenoxy) is 1. The van der Waals surface area contributed by atoms with Crippen molar-refractivity contribution in [2.45, 2.75) is 5.92 Å². The molecule has 8 rings (SSSR count). The highest BCUT2D eigenvalue weighted by molar-refractivity contribution is 6.27. The van der Waals surface area contributed by atoms with Gasteiger partial charge in [0, 0.05) is 16.9 Å². The Hall–Kier alpha value is -5.03. The zero-order chi connectivity index (χ0) is 27.0. The van der Waals surface area contributed by atoms with Crippen molar-refractivity contribution in [3.63, 3.8) is 0 Å². The molecule has 4 atom stereocenters. The molecule has 2 amide bonds. The van der Waals surface area contributed by atoms with Crippen molar-refractivity contribution in [2.75, 3.05) is 4.90 Å². The fourth-order valence-corrected chi connectivity index (χ4v) is 6.97. The lowest BCUT2D eigenvalue weighted by molar-refractivity contribution is -0.142. The van der Waals surface area contributed by atoms with Gasteiger partial charge in [0.2, 0.25) is 11.8 Å². The number of esters is 1. The second kappa shape index (κ2) is 8.48. The van der Waals surface area contributed by atoms with Crippen LogP contribution in [0.25, 0.3) is 27.1 Å². The van der Waals surface area contributed by atoms with E-state index in [2.05, 4.69) is 0 Å². The minimum Gasteiger partial charge on any atom is -0.425 e. The van der Waals surface area contributed by atoms with E-state index in [1.54, 1.807) is 0 Å². The number of carbonyl (C=O) groups excluding carboxylic acids is 3. The molecule has 0 bridgehead atoms. The Labute approximate surface area is 230 Å². The fraction of sp³-hybridized carbons (Fsp3) is 0.114. The molecule has 1 saturated heterocycles. The van der Waals surface area contributed by atoms with Crippen molar-refractivity contribution in [2.24, 2.45) is 17.8 Å². The number of nitrogens with zero attached hydrogens (tertiary/aromatic N) is 1. The van der Waals surface area contributed by atoms with E-state index in [0.29, 0.717) is 11.4 Å². The molecule has 0 radical (unpaired) electrons. The van der Waals surface area contributed by atoms with Crippen LogP contribution in [0.2, 0.25) is 0 Å². The predicted molar refractivity (Wildman–Crippen MR) is 154 cm³/mol. The molecule has 5 aromatic carbocycles. The summed E-state index contributed by atoms with van der Waals surface area (Å²) in [5, 5.41) is 3.73. The van der Waals surface area contributed by atoms with Gasteiger partial charge >= 0.3 is 5.97 Å². The number of rotatable bonds is 2. The van der Waals surface area contributed by atoms with Gasteiger partial charge in [-0.15, -0.1) is 0 Å². The van der Waals surface area contributed by atoms with Gasteiger partial charge in [0.25, 0.3) is 0 Å². The molecule has 0 spiro atoms. The first-order chi connectivity index (χ1) is 19.6. The standard InChI is InChI=1S/C35H23NO4/c37-33-30-25(21-9-2-1-3-10-21)19-26-29-24-15-7-5-12-22(24)17-18-28(29)40-35(39)31(26)32(30)34(38)36(33)27-16-8-13-20-11-4-6-14-23(20)27/h1-19,25,30-32H/t25-,30+,31+,32+/m1/s1. The Balaban J connectivity index is 1.37. The molecule has 0 aromatic heterocycles. The largest absolute Gasteiger partial charge is 0.425 e. The molecule has 1 aliphatic carbocycles. The average molecular weight is 522 g/mol. The summed E-state index contributed by atoms with van der Waals surface area (Å²) in [7, 11) is 0. The van der Waals surface area contributed by atoms with Gasteiger partial charge in [-0.25, -0.2) is 4.90 Å². The van der Waals surface area contributed by atoms with Crippen LogP contribution in [0.3, 0.4) is 0 Å². The molecule has 0 saturated carbocycles. The van der Waals surface area contributed by atoms with Crippen molar-refractivity contribution >= 4 is 50.6 Å². The molecule has 5 heteroatoms. The molecule has 1 fully saturated rings. The van der Waals surface area contributed by atoms with Crippen molar-refractivity contribution < 1.29 is 19.1 Å². The van der Waals surface area contributed by atoms with Gasteiger partial charge in [-0.2, -0.15) is 0 Å². The first-order valence-corrected chi connectivity index (χ1v) is 13.5. The van der Waals surface area contributed by atoms with Crippen molar-refractivity contribution in [1.82, 2.24) is 0 Å². The molecule has 40 heavy (non-hydrogen) atoms. The Morgan fingerprint density at radius 1 is 0.600 bits per heavy atom. The van der Waals surface area contributed by atoms with E-state index in [-0.39, 0.29) is 17.7 Å². The summed E-state index contributed by atoms with van der Waals surface area (Å²) in [4.78, 5) is 43.7. The first-order valence-electron chi connectivity index (χ1n) is 13.5. The van der Waals surface area contributed by atoms with E-state index < -0.39 is 23.7 Å². The van der Waals surface area contributed by atoms with E-state index in [1.165, 1.54) is 4.90 Å². The number of benzene rings is 5. The van der Waals surface area contributed by atoms with Gasteiger partial charge in [0.1, 0.15) is 5.75 Å². The van der Waals surface area contributed by atoms with Crippen molar-refractivity contribution in [3.8, 4) is 5.75 Å². The number of allylic oxidation sites excluding steroid dienone is 1. The fourth-order valence-electron chi connectivity index (χ4n) is 6.97. The number of carbonyl (C=O) groups is 3. The SMILES string of the molecule is O=C1Oc2ccc3ccccc3c2C2=C[C@H](c3ccccc3)[C@@H]3C(=O)N(c4cccc5ccccc45)C(=O)[C@@H]3[C@@H]12. The molecule has 2 aliphatic heterocycles. The van der Waals surface area contributed by atoms with Crippen molar-refractivity contribution in [3.05, 3.63) is 126 Å². The lowest BCUT2D eigenvalue weighted by Gasteiger charge is -2.38. The molecule has 0 N–H and O–H groups in total. The van der Waals surface area contributed by atoms with Gasteiger partial charge in [0.05, 0.1) is 23.4 Å². The van der Waals surface area contributed by atoms with Crippen LogP contribution < -0.4 is 9.64 Å². The number of hydrogen-bond acceptors (Lipinski definition) is 4. The van der Waals surface area contributed by atoms with Crippen molar-refractivity contribution in [1.29, 1.82) is 0 Å². The number of amides is 2. The Morgan fingerprint density at radius 2 is 1.25 bits per heavy atom. The lowest BCUT2D eigenvalue weighted by atomic mass is 9.64. The predicted octanol–water partition coefficient (Wildman–Crippen LogP) is 6.51. The molecule has 2 heterocycles. The highest BCUT2D eigenvalue weighted by atomic mass is 16.5. The van der Waals surface area contributed by atoms with Crippen LogP contribution >= 0.6 is 0 Å². The molecule has 0 unspecified atom stereocenters. The van der Waals surface area contributed by atoms with E-state index in [9.17, 15) is 14.4 Å². The summed E-state index contributed by atoms with van der Waals surface area (Å²) in [5.41, 5.74) is 3.07. The lowest BCUT2D eigenvalue weighted by Crippen LogP contribution is -2.42. The zero-order valence-corrected chi connectivity index (χ0v) is 21.4.